The van der Waals surface area contributed by atoms with Crippen LogP contribution in [0.5, 0.6) is 0 Å². The molecule has 4 nitrogen and oxygen atoms in total. The molecule has 0 bridgehead atoms. The maximum Gasteiger partial charge on any atom is 0.144 e. The van der Waals surface area contributed by atoms with Gasteiger partial charge in [-0.15, -0.1) is 11.8 Å². The van der Waals surface area contributed by atoms with Crippen LogP contribution in [0.2, 0.25) is 0 Å². The molecule has 0 aliphatic rings. The lowest BCUT2D eigenvalue weighted by atomic mass is 10.5. The third kappa shape index (κ3) is 3.11. The Morgan fingerprint density at radius 3 is 3.00 bits per heavy atom. The molecule has 1 aromatic rings. The van der Waals surface area contributed by atoms with Crippen LogP contribution < -0.4 is 5.32 Å². The zero-order valence-corrected chi connectivity index (χ0v) is 10.2. The van der Waals surface area contributed by atoms with Crippen LogP contribution in [0.1, 0.15) is 6.42 Å². The van der Waals surface area contributed by atoms with Crippen LogP contribution >= 0.6 is 27.7 Å². The van der Waals surface area contributed by atoms with Crippen molar-refractivity contribution in [3.63, 3.8) is 0 Å². The van der Waals surface area contributed by atoms with E-state index in [2.05, 4.69) is 31.2 Å². The Labute approximate surface area is 95.7 Å². The second-order valence-electron chi connectivity index (χ2n) is 2.52. The summed E-state index contributed by atoms with van der Waals surface area (Å²) in [6.07, 6.45) is 2.30. The Bertz CT molecular complexity index is 298. The molecule has 0 aromatic carbocycles. The second-order valence-corrected chi connectivity index (χ2v) is 4.39. The summed E-state index contributed by atoms with van der Waals surface area (Å²) in [7, 11) is 1.81. The topological polar surface area (TPSA) is 58.0 Å². The molecule has 0 saturated heterocycles. The Kier molecular flexibility index (Phi) is 5.21. The largest absolute Gasteiger partial charge is 0.396 e. The van der Waals surface area contributed by atoms with Gasteiger partial charge in [0.2, 0.25) is 0 Å². The SMILES string of the molecule is CNc1ncnc(SCCCO)c1Br. The first-order chi connectivity index (χ1) is 6.79. The number of nitrogens with zero attached hydrogens (tertiary/aromatic N) is 2. The molecule has 0 unspecified atom stereocenters. The fourth-order valence-corrected chi connectivity index (χ4v) is 2.42. The summed E-state index contributed by atoms with van der Waals surface area (Å²) in [6.45, 7) is 0.217. The van der Waals surface area contributed by atoms with Crippen molar-refractivity contribution >= 4 is 33.5 Å². The quantitative estimate of drug-likeness (QED) is 0.488. The van der Waals surface area contributed by atoms with Crippen LogP contribution in [0.4, 0.5) is 5.82 Å². The molecule has 2 N–H and O–H groups in total. The highest BCUT2D eigenvalue weighted by atomic mass is 79.9. The second kappa shape index (κ2) is 6.21. The van der Waals surface area contributed by atoms with E-state index in [-0.39, 0.29) is 6.61 Å². The van der Waals surface area contributed by atoms with Gasteiger partial charge in [0, 0.05) is 19.4 Å². The van der Waals surface area contributed by atoms with Gasteiger partial charge in [0.1, 0.15) is 17.2 Å². The minimum absolute atomic E-state index is 0.217. The Balaban J connectivity index is 2.66. The van der Waals surface area contributed by atoms with E-state index in [1.165, 1.54) is 6.33 Å². The molecule has 0 atom stereocenters. The Morgan fingerprint density at radius 2 is 2.36 bits per heavy atom. The van der Waals surface area contributed by atoms with E-state index < -0.39 is 0 Å². The molecule has 0 fully saturated rings. The van der Waals surface area contributed by atoms with Gasteiger partial charge < -0.3 is 10.4 Å². The predicted octanol–water partition coefficient (Wildman–Crippen LogP) is 1.76. The molecule has 78 valence electrons. The highest BCUT2D eigenvalue weighted by Crippen LogP contribution is 2.29. The smallest absolute Gasteiger partial charge is 0.144 e. The molecule has 0 aliphatic carbocycles. The van der Waals surface area contributed by atoms with Crippen molar-refractivity contribution in [2.45, 2.75) is 11.4 Å². The molecule has 0 spiro atoms. The molecular formula is C8H12BrN3OS. The number of anilines is 1. The minimum Gasteiger partial charge on any atom is -0.396 e. The van der Waals surface area contributed by atoms with Gasteiger partial charge >= 0.3 is 0 Å². The number of aliphatic hydroxyl groups excluding tert-OH is 1. The van der Waals surface area contributed by atoms with Gasteiger partial charge in [-0.2, -0.15) is 0 Å². The summed E-state index contributed by atoms with van der Waals surface area (Å²) in [4.78, 5) is 8.20. The fourth-order valence-electron chi connectivity index (χ4n) is 0.862. The zero-order chi connectivity index (χ0) is 10.4. The minimum atomic E-state index is 0.217. The van der Waals surface area contributed by atoms with Gasteiger partial charge in [0.25, 0.3) is 0 Å². The monoisotopic (exact) mass is 277 g/mol. The Morgan fingerprint density at radius 1 is 1.57 bits per heavy atom. The number of hydrogen-bond acceptors (Lipinski definition) is 5. The molecule has 1 aromatic heterocycles. The first-order valence-electron chi connectivity index (χ1n) is 4.21. The van der Waals surface area contributed by atoms with Crippen LogP contribution in [0, 0.1) is 0 Å². The van der Waals surface area contributed by atoms with Gasteiger partial charge in [-0.1, -0.05) is 0 Å². The highest BCUT2D eigenvalue weighted by Gasteiger charge is 2.06. The molecular weight excluding hydrogens is 266 g/mol. The number of aromatic nitrogens is 2. The average molecular weight is 278 g/mol. The fraction of sp³-hybridized carbons (Fsp3) is 0.500. The number of aliphatic hydroxyl groups is 1. The molecule has 0 radical (unpaired) electrons. The lowest BCUT2D eigenvalue weighted by Crippen LogP contribution is -1.97. The van der Waals surface area contributed by atoms with Crippen LogP contribution in [0.15, 0.2) is 15.8 Å². The summed E-state index contributed by atoms with van der Waals surface area (Å²) < 4.78 is 0.880. The average Bonchev–Trinajstić information content (AvgIpc) is 2.21. The first-order valence-corrected chi connectivity index (χ1v) is 5.99. The van der Waals surface area contributed by atoms with Gasteiger partial charge in [0.05, 0.1) is 4.47 Å². The van der Waals surface area contributed by atoms with Gasteiger partial charge in [-0.05, 0) is 22.4 Å². The summed E-state index contributed by atoms with van der Waals surface area (Å²) in [5.41, 5.74) is 0. The maximum atomic E-state index is 8.64. The summed E-state index contributed by atoms with van der Waals surface area (Å²) >= 11 is 5.03. The van der Waals surface area contributed by atoms with Crippen molar-refractivity contribution in [3.8, 4) is 0 Å². The van der Waals surface area contributed by atoms with Crippen molar-refractivity contribution in [1.29, 1.82) is 0 Å². The number of thioether (sulfide) groups is 1. The zero-order valence-electron chi connectivity index (χ0n) is 7.83. The third-order valence-corrected chi connectivity index (χ3v) is 3.62. The van der Waals surface area contributed by atoms with E-state index in [0.29, 0.717) is 0 Å². The predicted molar refractivity (Wildman–Crippen MR) is 61.7 cm³/mol. The lowest BCUT2D eigenvalue weighted by molar-refractivity contribution is 0.296. The number of nitrogens with one attached hydrogen (secondary N) is 1. The van der Waals surface area contributed by atoms with E-state index in [1.807, 2.05) is 7.05 Å². The van der Waals surface area contributed by atoms with E-state index >= 15 is 0 Å². The van der Waals surface area contributed by atoms with Crippen molar-refractivity contribution in [2.75, 3.05) is 24.7 Å². The summed E-state index contributed by atoms with van der Waals surface area (Å²) in [6, 6.07) is 0. The van der Waals surface area contributed by atoms with E-state index in [9.17, 15) is 0 Å². The van der Waals surface area contributed by atoms with Gasteiger partial charge in [-0.25, -0.2) is 9.97 Å². The highest BCUT2D eigenvalue weighted by molar-refractivity contribution is 9.10. The van der Waals surface area contributed by atoms with E-state index in [0.717, 1.165) is 27.5 Å². The molecule has 0 amide bonds. The summed E-state index contributed by atoms with van der Waals surface area (Å²) in [5.74, 6) is 1.64. The first kappa shape index (κ1) is 11.7. The normalized spacial score (nSPS) is 10.2. The number of halogens is 1. The number of hydrogen-bond donors (Lipinski definition) is 2. The van der Waals surface area contributed by atoms with Crippen LogP contribution in [-0.4, -0.2) is 34.5 Å². The van der Waals surface area contributed by atoms with Gasteiger partial charge in [0.15, 0.2) is 0 Å². The molecule has 1 heterocycles. The van der Waals surface area contributed by atoms with E-state index in [1.54, 1.807) is 11.8 Å². The molecule has 0 aliphatic heterocycles. The maximum absolute atomic E-state index is 8.64. The molecule has 14 heavy (non-hydrogen) atoms. The standard InChI is InChI=1S/C8H12BrN3OS/c1-10-7-6(9)8(12-5-11-7)14-4-2-3-13/h5,13H,2-4H2,1H3,(H,10,11,12). The van der Waals surface area contributed by atoms with Crippen molar-refractivity contribution in [1.82, 2.24) is 9.97 Å². The lowest BCUT2D eigenvalue weighted by Gasteiger charge is -2.06. The van der Waals surface area contributed by atoms with Crippen molar-refractivity contribution in [2.24, 2.45) is 0 Å². The van der Waals surface area contributed by atoms with E-state index in [4.69, 9.17) is 5.11 Å². The molecule has 1 rings (SSSR count). The van der Waals surface area contributed by atoms with Crippen molar-refractivity contribution in [3.05, 3.63) is 10.8 Å². The van der Waals surface area contributed by atoms with Crippen LogP contribution in [0.25, 0.3) is 0 Å². The number of rotatable bonds is 5. The Hall–Kier alpha value is -0.330. The van der Waals surface area contributed by atoms with Gasteiger partial charge in [-0.3, -0.25) is 0 Å². The van der Waals surface area contributed by atoms with Crippen molar-refractivity contribution < 1.29 is 5.11 Å². The third-order valence-electron chi connectivity index (χ3n) is 1.54. The molecule has 0 saturated carbocycles. The van der Waals surface area contributed by atoms with Crippen LogP contribution in [0.3, 0.4) is 0 Å². The van der Waals surface area contributed by atoms with Crippen LogP contribution in [-0.2, 0) is 0 Å². The molecule has 6 heteroatoms. The summed E-state index contributed by atoms with van der Waals surface area (Å²) in [5, 5.41) is 12.5.